The molecule has 0 aliphatic carbocycles. The smallest absolute Gasteiger partial charge is 0.290 e. The molecule has 2 unspecified atom stereocenters. The molecule has 2 rings (SSSR count). The van der Waals surface area contributed by atoms with Crippen molar-refractivity contribution in [2.75, 3.05) is 6.54 Å². The van der Waals surface area contributed by atoms with Crippen LogP contribution in [0.25, 0.3) is 0 Å². The van der Waals surface area contributed by atoms with E-state index >= 15 is 0 Å². The van der Waals surface area contributed by atoms with Gasteiger partial charge in [-0.1, -0.05) is 20.8 Å². The summed E-state index contributed by atoms with van der Waals surface area (Å²) in [5.74, 6) is -1.32. The minimum Gasteiger partial charge on any atom is -0.331 e. The van der Waals surface area contributed by atoms with Crippen LogP contribution in [0, 0.1) is 5.41 Å². The van der Waals surface area contributed by atoms with Crippen LogP contribution in [0.3, 0.4) is 0 Å². The molecular weight excluding hydrogens is 292 g/mol. The summed E-state index contributed by atoms with van der Waals surface area (Å²) in [6, 6.07) is -0.370. The standard InChI is InChI=1S/C14H20N2O4S/c1-4-14(2,3)10(17)12(19)16-7-5-6-8(16)9-11(18)15-13(20)21-9/h8-9H,4-7H2,1-3H3,(H,15,18,20). The second-order valence-electron chi connectivity index (χ2n) is 6.09. The number of carbonyl (C=O) groups is 4. The van der Waals surface area contributed by atoms with Gasteiger partial charge in [-0.15, -0.1) is 0 Å². The largest absolute Gasteiger partial charge is 0.331 e. The molecule has 116 valence electrons. The quantitative estimate of drug-likeness (QED) is 0.792. The van der Waals surface area contributed by atoms with Crippen molar-refractivity contribution in [3.05, 3.63) is 0 Å². The van der Waals surface area contributed by atoms with Gasteiger partial charge in [-0.25, -0.2) is 0 Å². The van der Waals surface area contributed by atoms with E-state index < -0.39 is 22.4 Å². The summed E-state index contributed by atoms with van der Waals surface area (Å²) in [4.78, 5) is 49.3. The third-order valence-electron chi connectivity index (χ3n) is 4.32. The number of carbonyl (C=O) groups excluding carboxylic acids is 4. The van der Waals surface area contributed by atoms with Crippen LogP contribution in [-0.4, -0.2) is 45.6 Å². The van der Waals surface area contributed by atoms with E-state index in [4.69, 9.17) is 0 Å². The second kappa shape index (κ2) is 5.79. The van der Waals surface area contributed by atoms with Gasteiger partial charge < -0.3 is 4.90 Å². The van der Waals surface area contributed by atoms with Crippen LogP contribution in [0.1, 0.15) is 40.0 Å². The molecule has 0 aromatic heterocycles. The Morgan fingerprint density at radius 1 is 1.38 bits per heavy atom. The van der Waals surface area contributed by atoms with Gasteiger partial charge in [-0.05, 0) is 31.0 Å². The fourth-order valence-electron chi connectivity index (χ4n) is 2.56. The first kappa shape index (κ1) is 16.0. The SMILES string of the molecule is CCC(C)(C)C(=O)C(=O)N1CCCC1C1SC(=O)NC1=O. The first-order chi connectivity index (χ1) is 9.77. The lowest BCUT2D eigenvalue weighted by molar-refractivity contribution is -0.150. The summed E-state index contributed by atoms with van der Waals surface area (Å²) < 4.78 is 0. The number of thioether (sulfide) groups is 1. The first-order valence-corrected chi connectivity index (χ1v) is 8.02. The molecule has 0 bridgehead atoms. The average molecular weight is 312 g/mol. The van der Waals surface area contributed by atoms with E-state index in [1.165, 1.54) is 4.90 Å². The average Bonchev–Trinajstić information content (AvgIpc) is 3.03. The summed E-state index contributed by atoms with van der Waals surface area (Å²) in [6.45, 7) is 5.83. The minimum absolute atomic E-state index is 0.364. The predicted molar refractivity (Wildman–Crippen MR) is 78.7 cm³/mol. The van der Waals surface area contributed by atoms with E-state index in [1.807, 2.05) is 6.92 Å². The highest BCUT2D eigenvalue weighted by atomic mass is 32.2. The van der Waals surface area contributed by atoms with Gasteiger partial charge in [0, 0.05) is 12.0 Å². The highest BCUT2D eigenvalue weighted by Crippen LogP contribution is 2.33. The van der Waals surface area contributed by atoms with Gasteiger partial charge >= 0.3 is 0 Å². The number of nitrogens with one attached hydrogen (secondary N) is 1. The van der Waals surface area contributed by atoms with Crippen molar-refractivity contribution in [2.24, 2.45) is 5.41 Å². The third kappa shape index (κ3) is 2.97. The molecule has 0 saturated carbocycles. The molecular formula is C14H20N2O4S. The number of likely N-dealkylation sites (tertiary alicyclic amines) is 1. The molecule has 0 radical (unpaired) electrons. The fraction of sp³-hybridized carbons (Fsp3) is 0.714. The fourth-order valence-corrected chi connectivity index (χ4v) is 3.56. The van der Waals surface area contributed by atoms with E-state index in [0.29, 0.717) is 19.4 Å². The van der Waals surface area contributed by atoms with Crippen molar-refractivity contribution < 1.29 is 19.2 Å². The zero-order chi connectivity index (χ0) is 15.8. The van der Waals surface area contributed by atoms with Crippen molar-refractivity contribution in [3.8, 4) is 0 Å². The molecule has 1 N–H and O–H groups in total. The van der Waals surface area contributed by atoms with Crippen molar-refractivity contribution in [2.45, 2.75) is 51.3 Å². The maximum atomic E-state index is 12.5. The summed E-state index contributed by atoms with van der Waals surface area (Å²) >= 11 is 0.912. The van der Waals surface area contributed by atoms with Crippen LogP contribution < -0.4 is 5.32 Å². The highest BCUT2D eigenvalue weighted by Gasteiger charge is 2.46. The van der Waals surface area contributed by atoms with Crippen LogP contribution in [-0.2, 0) is 14.4 Å². The van der Waals surface area contributed by atoms with Crippen LogP contribution in [0.4, 0.5) is 4.79 Å². The van der Waals surface area contributed by atoms with Gasteiger partial charge in [0.2, 0.25) is 11.7 Å². The normalized spacial score (nSPS) is 26.1. The predicted octanol–water partition coefficient (Wildman–Crippen LogP) is 1.33. The number of rotatable bonds is 4. The maximum Gasteiger partial charge on any atom is 0.290 e. The van der Waals surface area contributed by atoms with E-state index in [9.17, 15) is 19.2 Å². The van der Waals surface area contributed by atoms with Gasteiger partial charge in [0.15, 0.2) is 0 Å². The lowest BCUT2D eigenvalue weighted by atomic mass is 9.84. The molecule has 0 aromatic carbocycles. The minimum atomic E-state index is -0.703. The Kier molecular flexibility index (Phi) is 4.41. The first-order valence-electron chi connectivity index (χ1n) is 7.15. The van der Waals surface area contributed by atoms with Gasteiger partial charge in [0.25, 0.3) is 11.1 Å². The Balaban J connectivity index is 2.15. The molecule has 2 aliphatic rings. The topological polar surface area (TPSA) is 83.6 Å². The lowest BCUT2D eigenvalue weighted by Crippen LogP contribution is -2.49. The van der Waals surface area contributed by atoms with E-state index in [2.05, 4.69) is 5.32 Å². The number of hydrogen-bond acceptors (Lipinski definition) is 5. The van der Waals surface area contributed by atoms with Crippen LogP contribution in [0.5, 0.6) is 0 Å². The zero-order valence-corrected chi connectivity index (χ0v) is 13.3. The van der Waals surface area contributed by atoms with Crippen LogP contribution in [0.2, 0.25) is 0 Å². The van der Waals surface area contributed by atoms with Gasteiger partial charge in [-0.2, -0.15) is 0 Å². The summed E-state index contributed by atoms with van der Waals surface area (Å²) in [5, 5.41) is 1.26. The maximum absolute atomic E-state index is 12.5. The van der Waals surface area contributed by atoms with Crippen molar-refractivity contribution in [3.63, 3.8) is 0 Å². The molecule has 2 fully saturated rings. The highest BCUT2D eigenvalue weighted by molar-refractivity contribution is 8.15. The van der Waals surface area contributed by atoms with Gasteiger partial charge in [0.1, 0.15) is 5.25 Å². The molecule has 2 heterocycles. The zero-order valence-electron chi connectivity index (χ0n) is 12.5. The monoisotopic (exact) mass is 312 g/mol. The Morgan fingerprint density at radius 3 is 2.57 bits per heavy atom. The molecule has 2 atom stereocenters. The van der Waals surface area contributed by atoms with E-state index in [-0.39, 0.29) is 17.2 Å². The Morgan fingerprint density at radius 2 is 2.05 bits per heavy atom. The summed E-state index contributed by atoms with van der Waals surface area (Å²) in [7, 11) is 0. The number of nitrogens with zero attached hydrogens (tertiary/aromatic N) is 1. The van der Waals surface area contributed by atoms with Gasteiger partial charge in [-0.3, -0.25) is 24.5 Å². The second-order valence-corrected chi connectivity index (χ2v) is 7.20. The number of Topliss-reactive ketones (excluding diaryl/α,β-unsaturated/α-hetero) is 1. The number of ketones is 1. The molecule has 2 aliphatic heterocycles. The third-order valence-corrected chi connectivity index (χ3v) is 5.42. The molecule has 3 amide bonds. The van der Waals surface area contributed by atoms with E-state index in [0.717, 1.165) is 18.2 Å². The number of hydrogen-bond donors (Lipinski definition) is 1. The van der Waals surface area contributed by atoms with Crippen molar-refractivity contribution in [1.82, 2.24) is 10.2 Å². The van der Waals surface area contributed by atoms with Crippen molar-refractivity contribution >= 4 is 34.6 Å². The summed E-state index contributed by atoms with van der Waals surface area (Å²) in [6.07, 6.45) is 1.96. The van der Waals surface area contributed by atoms with Crippen LogP contribution >= 0.6 is 11.8 Å². The lowest BCUT2D eigenvalue weighted by Gasteiger charge is -2.29. The van der Waals surface area contributed by atoms with Crippen LogP contribution in [0.15, 0.2) is 0 Å². The number of imide groups is 1. The molecule has 7 heteroatoms. The summed E-state index contributed by atoms with van der Waals surface area (Å²) in [5.41, 5.74) is -0.703. The van der Waals surface area contributed by atoms with E-state index in [1.54, 1.807) is 13.8 Å². The molecule has 2 saturated heterocycles. The molecule has 6 nitrogen and oxygen atoms in total. The Labute approximate surface area is 128 Å². The molecule has 0 aromatic rings. The Bertz CT molecular complexity index is 503. The van der Waals surface area contributed by atoms with Crippen molar-refractivity contribution in [1.29, 1.82) is 0 Å². The molecule has 0 spiro atoms. The van der Waals surface area contributed by atoms with Gasteiger partial charge in [0.05, 0.1) is 6.04 Å². The Hall–Kier alpha value is -1.37. The number of amides is 3. The molecule has 21 heavy (non-hydrogen) atoms.